The highest BCUT2D eigenvalue weighted by atomic mass is 16.5. The molecule has 1 amide bonds. The van der Waals surface area contributed by atoms with Crippen molar-refractivity contribution in [3.05, 3.63) is 42.1 Å². The van der Waals surface area contributed by atoms with E-state index in [9.17, 15) is 4.79 Å². The summed E-state index contributed by atoms with van der Waals surface area (Å²) in [5.74, 6) is 0.953. The Bertz CT molecular complexity index is 902. The molecule has 0 saturated carbocycles. The van der Waals surface area contributed by atoms with Crippen LogP contribution in [-0.2, 0) is 11.3 Å². The van der Waals surface area contributed by atoms with Crippen LogP contribution < -0.4 is 10.2 Å². The monoisotopic (exact) mass is 352 g/mol. The van der Waals surface area contributed by atoms with E-state index in [0.717, 1.165) is 48.4 Å². The number of hydrogen-bond donors (Lipinski definition) is 1. The lowest BCUT2D eigenvalue weighted by atomic mass is 9.95. The molecule has 1 aliphatic rings. The van der Waals surface area contributed by atoms with E-state index < -0.39 is 0 Å². The van der Waals surface area contributed by atoms with Gasteiger partial charge in [0.15, 0.2) is 0 Å². The number of carbonyl (C=O) groups excluding carboxylic acids is 1. The number of nitrogens with zero attached hydrogens (tertiary/aromatic N) is 5. The molecule has 0 atom stereocenters. The SMILES string of the molecule is Cc1noc2ncnc(N3CCC(C(=O)NCc4cccnc4)CC3)c12. The van der Waals surface area contributed by atoms with Crippen molar-refractivity contribution >= 4 is 22.8 Å². The highest BCUT2D eigenvalue weighted by Crippen LogP contribution is 2.29. The highest BCUT2D eigenvalue weighted by molar-refractivity contribution is 5.88. The number of nitrogens with one attached hydrogen (secondary N) is 1. The Hall–Kier alpha value is -3.03. The van der Waals surface area contributed by atoms with E-state index in [-0.39, 0.29) is 11.8 Å². The van der Waals surface area contributed by atoms with Gasteiger partial charge in [0.2, 0.25) is 5.91 Å². The number of hydrogen-bond acceptors (Lipinski definition) is 7. The number of fused-ring (bicyclic) bond motifs is 1. The molecule has 0 bridgehead atoms. The molecule has 1 fully saturated rings. The Kier molecular flexibility index (Phi) is 4.47. The molecule has 26 heavy (non-hydrogen) atoms. The molecule has 8 heteroatoms. The second-order valence-electron chi connectivity index (χ2n) is 6.49. The molecular weight excluding hydrogens is 332 g/mol. The summed E-state index contributed by atoms with van der Waals surface area (Å²) in [6.07, 6.45) is 6.56. The van der Waals surface area contributed by atoms with E-state index in [1.54, 1.807) is 12.4 Å². The average molecular weight is 352 g/mol. The fraction of sp³-hybridized carbons (Fsp3) is 0.389. The number of aryl methyl sites for hydroxylation is 1. The largest absolute Gasteiger partial charge is 0.356 e. The van der Waals surface area contributed by atoms with Crippen molar-refractivity contribution in [2.24, 2.45) is 5.92 Å². The molecular formula is C18H20N6O2. The van der Waals surface area contributed by atoms with Crippen molar-refractivity contribution in [2.75, 3.05) is 18.0 Å². The molecule has 8 nitrogen and oxygen atoms in total. The standard InChI is InChI=1S/C18H20N6O2/c1-12-15-16(21-11-22-18(15)26-23-12)24-7-4-14(5-8-24)17(25)20-10-13-3-2-6-19-9-13/h2-3,6,9,11,14H,4-5,7-8,10H2,1H3,(H,20,25). The van der Waals surface area contributed by atoms with E-state index in [2.05, 4.69) is 30.3 Å². The first-order valence-corrected chi connectivity index (χ1v) is 8.71. The van der Waals surface area contributed by atoms with Gasteiger partial charge in [-0.3, -0.25) is 9.78 Å². The molecule has 3 aromatic rings. The molecule has 1 N–H and O–H groups in total. The van der Waals surface area contributed by atoms with Crippen LogP contribution in [-0.4, -0.2) is 39.1 Å². The van der Waals surface area contributed by atoms with Crippen molar-refractivity contribution in [3.8, 4) is 0 Å². The van der Waals surface area contributed by atoms with E-state index in [1.165, 1.54) is 6.33 Å². The van der Waals surface area contributed by atoms with Crippen molar-refractivity contribution in [2.45, 2.75) is 26.3 Å². The van der Waals surface area contributed by atoms with E-state index in [0.29, 0.717) is 12.3 Å². The minimum absolute atomic E-state index is 0.0174. The van der Waals surface area contributed by atoms with E-state index in [4.69, 9.17) is 4.52 Å². The maximum atomic E-state index is 12.4. The second kappa shape index (κ2) is 7.07. The summed E-state index contributed by atoms with van der Waals surface area (Å²) in [7, 11) is 0. The number of rotatable bonds is 4. The van der Waals surface area contributed by atoms with Gasteiger partial charge < -0.3 is 14.7 Å². The van der Waals surface area contributed by atoms with Crippen molar-refractivity contribution in [1.29, 1.82) is 0 Å². The van der Waals surface area contributed by atoms with Gasteiger partial charge in [0, 0.05) is 37.9 Å². The molecule has 1 saturated heterocycles. The fourth-order valence-corrected chi connectivity index (χ4v) is 3.33. The fourth-order valence-electron chi connectivity index (χ4n) is 3.33. The summed E-state index contributed by atoms with van der Waals surface area (Å²) in [4.78, 5) is 27.2. The Labute approximate surface area is 150 Å². The van der Waals surface area contributed by atoms with Gasteiger partial charge in [0.25, 0.3) is 5.71 Å². The van der Waals surface area contributed by atoms with Crippen molar-refractivity contribution in [1.82, 2.24) is 25.4 Å². The van der Waals surface area contributed by atoms with Gasteiger partial charge in [-0.05, 0) is 31.4 Å². The van der Waals surface area contributed by atoms with Gasteiger partial charge in [-0.2, -0.15) is 4.98 Å². The number of aromatic nitrogens is 4. The van der Waals surface area contributed by atoms with Gasteiger partial charge in [-0.15, -0.1) is 0 Å². The van der Waals surface area contributed by atoms with Crippen LogP contribution in [0.2, 0.25) is 0 Å². The average Bonchev–Trinajstić information content (AvgIpc) is 3.08. The molecule has 0 aliphatic carbocycles. The molecule has 0 radical (unpaired) electrons. The zero-order valence-corrected chi connectivity index (χ0v) is 14.6. The summed E-state index contributed by atoms with van der Waals surface area (Å²) in [5.41, 5.74) is 2.29. The van der Waals surface area contributed by atoms with Crippen LogP contribution in [0, 0.1) is 12.8 Å². The lowest BCUT2D eigenvalue weighted by molar-refractivity contribution is -0.125. The maximum Gasteiger partial charge on any atom is 0.263 e. The van der Waals surface area contributed by atoms with Crippen molar-refractivity contribution < 1.29 is 9.32 Å². The summed E-state index contributed by atoms with van der Waals surface area (Å²) in [6.45, 7) is 3.93. The lowest BCUT2D eigenvalue weighted by Gasteiger charge is -2.32. The molecule has 0 unspecified atom stereocenters. The van der Waals surface area contributed by atoms with Crippen LogP contribution >= 0.6 is 0 Å². The molecule has 1 aliphatic heterocycles. The number of anilines is 1. The normalized spacial score (nSPS) is 15.3. The predicted molar refractivity (Wildman–Crippen MR) is 95.4 cm³/mol. The Balaban J connectivity index is 1.38. The molecule has 134 valence electrons. The first-order valence-electron chi connectivity index (χ1n) is 8.71. The zero-order valence-electron chi connectivity index (χ0n) is 14.6. The Morgan fingerprint density at radius 1 is 1.35 bits per heavy atom. The zero-order chi connectivity index (χ0) is 17.9. The van der Waals surface area contributed by atoms with Crippen LogP contribution in [0.3, 0.4) is 0 Å². The van der Waals surface area contributed by atoms with Crippen LogP contribution in [0.25, 0.3) is 11.1 Å². The van der Waals surface area contributed by atoms with Crippen LogP contribution in [0.4, 0.5) is 5.82 Å². The first-order chi connectivity index (χ1) is 12.7. The minimum Gasteiger partial charge on any atom is -0.356 e. The molecule has 3 aromatic heterocycles. The van der Waals surface area contributed by atoms with Crippen LogP contribution in [0.15, 0.2) is 35.4 Å². The second-order valence-corrected chi connectivity index (χ2v) is 6.49. The summed E-state index contributed by atoms with van der Waals surface area (Å²) in [5, 5.41) is 7.84. The van der Waals surface area contributed by atoms with Gasteiger partial charge in [-0.25, -0.2) is 4.98 Å². The summed E-state index contributed by atoms with van der Waals surface area (Å²) >= 11 is 0. The summed E-state index contributed by atoms with van der Waals surface area (Å²) in [6, 6.07) is 3.83. The lowest BCUT2D eigenvalue weighted by Crippen LogP contribution is -2.40. The quantitative estimate of drug-likeness (QED) is 0.765. The van der Waals surface area contributed by atoms with E-state index >= 15 is 0 Å². The molecule has 4 rings (SSSR count). The van der Waals surface area contributed by atoms with Gasteiger partial charge >= 0.3 is 0 Å². The molecule has 0 aromatic carbocycles. The van der Waals surface area contributed by atoms with Gasteiger partial charge in [0.05, 0.1) is 5.69 Å². The number of piperidine rings is 1. The first kappa shape index (κ1) is 16.4. The Morgan fingerprint density at radius 2 is 2.19 bits per heavy atom. The topological polar surface area (TPSA) is 97.0 Å². The van der Waals surface area contributed by atoms with Crippen LogP contribution in [0.5, 0.6) is 0 Å². The molecule has 4 heterocycles. The minimum atomic E-state index is 0.0174. The maximum absolute atomic E-state index is 12.4. The smallest absolute Gasteiger partial charge is 0.263 e. The molecule has 0 spiro atoms. The number of carbonyl (C=O) groups is 1. The third-order valence-corrected chi connectivity index (χ3v) is 4.78. The Morgan fingerprint density at radius 3 is 2.96 bits per heavy atom. The number of pyridine rings is 1. The highest BCUT2D eigenvalue weighted by Gasteiger charge is 2.27. The predicted octanol–water partition coefficient (Wildman–Crippen LogP) is 1.85. The van der Waals surface area contributed by atoms with E-state index in [1.807, 2.05) is 19.1 Å². The van der Waals surface area contributed by atoms with Crippen LogP contribution in [0.1, 0.15) is 24.1 Å². The van der Waals surface area contributed by atoms with Gasteiger partial charge in [0.1, 0.15) is 17.5 Å². The third kappa shape index (κ3) is 3.22. The van der Waals surface area contributed by atoms with Gasteiger partial charge in [-0.1, -0.05) is 11.2 Å². The number of amides is 1. The van der Waals surface area contributed by atoms with Crippen molar-refractivity contribution in [3.63, 3.8) is 0 Å². The summed E-state index contributed by atoms with van der Waals surface area (Å²) < 4.78 is 5.22. The third-order valence-electron chi connectivity index (χ3n) is 4.78.